The Bertz CT molecular complexity index is 668. The minimum atomic E-state index is -0.864. The van der Waals surface area contributed by atoms with Gasteiger partial charge in [-0.3, -0.25) is 9.78 Å². The lowest BCUT2D eigenvalue weighted by atomic mass is 10.1. The summed E-state index contributed by atoms with van der Waals surface area (Å²) in [5.41, 5.74) is 7.03. The maximum Gasteiger partial charge on any atom is 0.323 e. The number of halogens is 4. The summed E-state index contributed by atoms with van der Waals surface area (Å²) in [6, 6.07) is 3.72. The van der Waals surface area contributed by atoms with Gasteiger partial charge in [-0.2, -0.15) is 0 Å². The highest BCUT2D eigenvalue weighted by Crippen LogP contribution is 2.16. The average Bonchev–Trinajstić information content (AvgIpc) is 2.43. The van der Waals surface area contributed by atoms with Crippen molar-refractivity contribution >= 4 is 54.0 Å². The van der Waals surface area contributed by atoms with Gasteiger partial charge in [-0.1, -0.05) is 23.2 Å². The largest absolute Gasteiger partial charge is 0.506 e. The SMILES string of the molecule is Cl.Cl.N[C@@H](Cc1cncc(O)c1)C(=O)OCc1cc(Cl)nc(Cl)c1. The van der Waals surface area contributed by atoms with Crippen LogP contribution in [0.3, 0.4) is 0 Å². The summed E-state index contributed by atoms with van der Waals surface area (Å²) in [4.78, 5) is 19.5. The van der Waals surface area contributed by atoms with Gasteiger partial charge in [0.15, 0.2) is 0 Å². The van der Waals surface area contributed by atoms with Crippen molar-refractivity contribution in [3.05, 3.63) is 52.0 Å². The zero-order valence-electron chi connectivity index (χ0n) is 12.2. The molecule has 6 nitrogen and oxygen atoms in total. The molecule has 2 heterocycles. The van der Waals surface area contributed by atoms with Crippen LogP contribution >= 0.6 is 48.0 Å². The Morgan fingerprint density at radius 3 is 2.38 bits per heavy atom. The summed E-state index contributed by atoms with van der Waals surface area (Å²) in [5, 5.41) is 9.75. The van der Waals surface area contributed by atoms with Crippen molar-refractivity contribution in [3.63, 3.8) is 0 Å². The summed E-state index contributed by atoms with van der Waals surface area (Å²) in [6.07, 6.45) is 3.03. The third-order valence-corrected chi connectivity index (χ3v) is 3.13. The van der Waals surface area contributed by atoms with E-state index in [2.05, 4.69) is 9.97 Å². The fraction of sp³-hybridized carbons (Fsp3) is 0.214. The molecule has 0 aliphatic rings. The molecule has 0 radical (unpaired) electrons. The molecule has 2 rings (SSSR count). The van der Waals surface area contributed by atoms with Crippen LogP contribution in [0, 0.1) is 0 Å². The van der Waals surface area contributed by atoms with Crippen LogP contribution in [0.4, 0.5) is 0 Å². The lowest BCUT2D eigenvalue weighted by Crippen LogP contribution is -2.34. The van der Waals surface area contributed by atoms with E-state index in [9.17, 15) is 9.90 Å². The number of ether oxygens (including phenoxy) is 1. The van der Waals surface area contributed by atoms with Gasteiger partial charge < -0.3 is 15.6 Å². The number of nitrogens with zero attached hydrogens (tertiary/aromatic N) is 2. The lowest BCUT2D eigenvalue weighted by Gasteiger charge is -2.12. The topological polar surface area (TPSA) is 98.3 Å². The molecule has 0 unspecified atom stereocenters. The van der Waals surface area contributed by atoms with E-state index < -0.39 is 12.0 Å². The lowest BCUT2D eigenvalue weighted by molar-refractivity contribution is -0.146. The van der Waals surface area contributed by atoms with Gasteiger partial charge in [-0.25, -0.2) is 4.98 Å². The molecular formula is C14H15Cl4N3O3. The van der Waals surface area contributed by atoms with Crippen LogP contribution in [0.1, 0.15) is 11.1 Å². The summed E-state index contributed by atoms with van der Waals surface area (Å²) in [7, 11) is 0. The van der Waals surface area contributed by atoms with Crippen molar-refractivity contribution in [2.24, 2.45) is 5.73 Å². The van der Waals surface area contributed by atoms with Crippen molar-refractivity contribution < 1.29 is 14.6 Å². The Morgan fingerprint density at radius 1 is 1.17 bits per heavy atom. The average molecular weight is 415 g/mol. The van der Waals surface area contributed by atoms with E-state index in [0.717, 1.165) is 0 Å². The summed E-state index contributed by atoms with van der Waals surface area (Å²) >= 11 is 11.5. The monoisotopic (exact) mass is 413 g/mol. The van der Waals surface area contributed by atoms with Gasteiger partial charge in [0.25, 0.3) is 0 Å². The van der Waals surface area contributed by atoms with Gasteiger partial charge in [0, 0.05) is 6.20 Å². The highest BCUT2D eigenvalue weighted by atomic mass is 35.5. The molecule has 3 N–H and O–H groups in total. The maximum atomic E-state index is 11.9. The van der Waals surface area contributed by atoms with Gasteiger partial charge in [0.2, 0.25) is 0 Å². The van der Waals surface area contributed by atoms with E-state index in [4.69, 9.17) is 33.7 Å². The smallest absolute Gasteiger partial charge is 0.323 e. The van der Waals surface area contributed by atoms with E-state index in [0.29, 0.717) is 11.1 Å². The molecule has 2 aromatic heterocycles. The first-order valence-corrected chi connectivity index (χ1v) is 7.06. The van der Waals surface area contributed by atoms with E-state index >= 15 is 0 Å². The second kappa shape index (κ2) is 10.5. The van der Waals surface area contributed by atoms with E-state index in [1.807, 2.05) is 0 Å². The zero-order valence-corrected chi connectivity index (χ0v) is 15.3. The number of pyridine rings is 2. The second-order valence-electron chi connectivity index (χ2n) is 4.59. The van der Waals surface area contributed by atoms with Crippen LogP contribution in [0.5, 0.6) is 5.75 Å². The third kappa shape index (κ3) is 7.07. The Morgan fingerprint density at radius 2 is 1.79 bits per heavy atom. The van der Waals surface area contributed by atoms with E-state index in [1.54, 1.807) is 12.1 Å². The number of rotatable bonds is 5. The fourth-order valence-electron chi connectivity index (χ4n) is 1.78. The molecule has 132 valence electrons. The van der Waals surface area contributed by atoms with Crippen LogP contribution in [-0.2, 0) is 22.6 Å². The number of esters is 1. The quantitative estimate of drug-likeness (QED) is 0.576. The van der Waals surface area contributed by atoms with E-state index in [-0.39, 0.29) is 53.9 Å². The first-order chi connectivity index (χ1) is 10.4. The molecule has 0 aliphatic heterocycles. The molecule has 0 aromatic carbocycles. The maximum absolute atomic E-state index is 11.9. The molecule has 0 amide bonds. The predicted octanol–water partition coefficient (Wildman–Crippen LogP) is 2.95. The van der Waals surface area contributed by atoms with Crippen molar-refractivity contribution in [2.75, 3.05) is 0 Å². The van der Waals surface area contributed by atoms with Crippen LogP contribution in [0.25, 0.3) is 0 Å². The molecule has 0 spiro atoms. The Kier molecular flexibility index (Phi) is 9.96. The van der Waals surface area contributed by atoms with Crippen molar-refractivity contribution in [1.82, 2.24) is 9.97 Å². The Hall–Kier alpha value is -1.31. The molecule has 10 heteroatoms. The number of hydrogen-bond donors (Lipinski definition) is 2. The highest BCUT2D eigenvalue weighted by Gasteiger charge is 2.16. The van der Waals surface area contributed by atoms with Crippen molar-refractivity contribution in [3.8, 4) is 5.75 Å². The van der Waals surface area contributed by atoms with Crippen LogP contribution in [-0.4, -0.2) is 27.1 Å². The van der Waals surface area contributed by atoms with Gasteiger partial charge in [0.1, 0.15) is 28.7 Å². The first kappa shape index (κ1) is 22.7. The van der Waals surface area contributed by atoms with E-state index in [1.165, 1.54) is 18.5 Å². The highest BCUT2D eigenvalue weighted by molar-refractivity contribution is 6.32. The summed E-state index contributed by atoms with van der Waals surface area (Å²) < 4.78 is 5.11. The van der Waals surface area contributed by atoms with Gasteiger partial charge >= 0.3 is 5.97 Å². The molecule has 0 fully saturated rings. The molecule has 1 atom stereocenters. The summed E-state index contributed by atoms with van der Waals surface area (Å²) in [6.45, 7) is -0.00716. The first-order valence-electron chi connectivity index (χ1n) is 6.31. The molecular weight excluding hydrogens is 400 g/mol. The zero-order chi connectivity index (χ0) is 16.1. The molecule has 0 aliphatic carbocycles. The number of carbonyl (C=O) groups excluding carboxylic acids is 1. The normalized spacial score (nSPS) is 11.0. The summed E-state index contributed by atoms with van der Waals surface area (Å²) in [5.74, 6) is -0.563. The molecule has 24 heavy (non-hydrogen) atoms. The number of carbonyl (C=O) groups is 1. The van der Waals surface area contributed by atoms with Crippen LogP contribution in [0.15, 0.2) is 30.6 Å². The van der Waals surface area contributed by atoms with Gasteiger partial charge in [-0.15, -0.1) is 24.8 Å². The predicted molar refractivity (Wildman–Crippen MR) is 96.1 cm³/mol. The minimum Gasteiger partial charge on any atom is -0.506 e. The molecule has 0 saturated carbocycles. The standard InChI is InChI=1S/C14H13Cl2N3O3.2ClH/c15-12-3-9(4-13(16)19-12)7-22-14(21)11(17)2-8-1-10(20)6-18-5-8;;/h1,3-6,11,20H,2,7,17H2;2*1H/t11-;;/m0../s1. The third-order valence-electron chi connectivity index (χ3n) is 2.74. The van der Waals surface area contributed by atoms with Gasteiger partial charge in [0.05, 0.1) is 6.20 Å². The Labute approximate surface area is 161 Å². The molecule has 2 aromatic rings. The van der Waals surface area contributed by atoms with Crippen LogP contribution in [0.2, 0.25) is 10.3 Å². The molecule has 0 bridgehead atoms. The number of aromatic hydroxyl groups is 1. The number of nitrogens with two attached hydrogens (primary N) is 1. The second-order valence-corrected chi connectivity index (χ2v) is 5.37. The fourth-order valence-corrected chi connectivity index (χ4v) is 2.29. The number of hydrogen-bond acceptors (Lipinski definition) is 6. The number of aromatic nitrogens is 2. The van der Waals surface area contributed by atoms with Crippen molar-refractivity contribution in [1.29, 1.82) is 0 Å². The van der Waals surface area contributed by atoms with Gasteiger partial charge in [-0.05, 0) is 35.7 Å². The minimum absolute atomic E-state index is 0. The molecule has 0 saturated heterocycles. The Balaban J connectivity index is 0.00000264. The van der Waals surface area contributed by atoms with Crippen LogP contribution < -0.4 is 5.73 Å². The van der Waals surface area contributed by atoms with Crippen molar-refractivity contribution in [2.45, 2.75) is 19.1 Å².